The number of nitrogens with zero attached hydrogens (tertiary/aromatic N) is 1. The van der Waals surface area contributed by atoms with E-state index < -0.39 is 17.6 Å². The van der Waals surface area contributed by atoms with Gasteiger partial charge in [0.25, 0.3) is 0 Å². The predicted octanol–water partition coefficient (Wildman–Crippen LogP) is 1.82. The highest BCUT2D eigenvalue weighted by Gasteiger charge is 2.29. The van der Waals surface area contributed by atoms with Crippen LogP contribution in [-0.2, 0) is 15.8 Å². The van der Waals surface area contributed by atoms with Gasteiger partial charge in [-0.2, -0.15) is 13.2 Å². The topological polar surface area (TPSA) is 49.4 Å². The first-order valence-electron chi connectivity index (χ1n) is 6.54. The van der Waals surface area contributed by atoms with Gasteiger partial charge < -0.3 is 10.2 Å². The molecular formula is C16H15F3N2O2. The number of halogens is 3. The fraction of sp³-hybridized carbons (Fsp3) is 0.250. The van der Waals surface area contributed by atoms with Crippen molar-refractivity contribution >= 4 is 11.8 Å². The van der Waals surface area contributed by atoms with Crippen molar-refractivity contribution in [1.82, 2.24) is 10.2 Å². The van der Waals surface area contributed by atoms with E-state index in [4.69, 9.17) is 0 Å². The van der Waals surface area contributed by atoms with E-state index in [0.717, 1.165) is 18.2 Å². The fourth-order valence-corrected chi connectivity index (χ4v) is 1.54. The average molecular weight is 324 g/mol. The lowest BCUT2D eigenvalue weighted by Gasteiger charge is -2.13. The van der Waals surface area contributed by atoms with Crippen molar-refractivity contribution in [2.75, 3.05) is 20.1 Å². The highest BCUT2D eigenvalue weighted by Crippen LogP contribution is 2.28. The summed E-state index contributed by atoms with van der Waals surface area (Å²) in [4.78, 5) is 23.9. The molecule has 1 rings (SSSR count). The maximum atomic E-state index is 12.4. The van der Waals surface area contributed by atoms with Crippen LogP contribution in [-0.4, -0.2) is 36.9 Å². The van der Waals surface area contributed by atoms with Crippen LogP contribution >= 0.6 is 0 Å². The summed E-state index contributed by atoms with van der Waals surface area (Å²) in [6, 6.07) is 4.40. The highest BCUT2D eigenvalue weighted by atomic mass is 19.4. The molecule has 0 aliphatic heterocycles. The van der Waals surface area contributed by atoms with Crippen LogP contribution in [0.15, 0.2) is 36.9 Å². The number of amides is 2. The number of rotatable bonds is 4. The van der Waals surface area contributed by atoms with Crippen LogP contribution < -0.4 is 5.32 Å². The molecule has 0 aliphatic carbocycles. The van der Waals surface area contributed by atoms with Crippen molar-refractivity contribution in [3.63, 3.8) is 0 Å². The Hall–Kier alpha value is -2.75. The van der Waals surface area contributed by atoms with Gasteiger partial charge in [-0.05, 0) is 30.3 Å². The van der Waals surface area contributed by atoms with Gasteiger partial charge in [0.1, 0.15) is 0 Å². The molecule has 0 atom stereocenters. The Kier molecular flexibility index (Phi) is 6.39. The molecule has 122 valence electrons. The van der Waals surface area contributed by atoms with Gasteiger partial charge in [0.15, 0.2) is 0 Å². The Morgan fingerprint density at radius 2 is 1.91 bits per heavy atom. The molecule has 23 heavy (non-hydrogen) atoms. The molecule has 0 bridgehead atoms. The van der Waals surface area contributed by atoms with Crippen molar-refractivity contribution in [3.05, 3.63) is 48.0 Å². The lowest BCUT2D eigenvalue weighted by Crippen LogP contribution is -2.37. The van der Waals surface area contributed by atoms with Crippen LogP contribution in [0, 0.1) is 11.8 Å². The second kappa shape index (κ2) is 8.03. The smallest absolute Gasteiger partial charge is 0.344 e. The summed E-state index contributed by atoms with van der Waals surface area (Å²) >= 11 is 0. The summed E-state index contributed by atoms with van der Waals surface area (Å²) in [5.41, 5.74) is -0.336. The number of hydrogen-bond acceptors (Lipinski definition) is 2. The molecular weight excluding hydrogens is 309 g/mol. The van der Waals surface area contributed by atoms with Crippen LogP contribution in [0.4, 0.5) is 13.2 Å². The minimum atomic E-state index is -4.38. The zero-order chi connectivity index (χ0) is 17.5. The summed E-state index contributed by atoms with van der Waals surface area (Å²) in [6.45, 7) is 3.20. The molecule has 0 saturated heterocycles. The number of benzene rings is 1. The number of alkyl halides is 3. The number of nitrogens with one attached hydrogen (secondary N) is 1. The Morgan fingerprint density at radius 1 is 1.30 bits per heavy atom. The summed E-state index contributed by atoms with van der Waals surface area (Å²) in [7, 11) is 1.46. The molecule has 0 fully saturated rings. The zero-order valence-electron chi connectivity index (χ0n) is 12.4. The number of hydrogen-bond donors (Lipinski definition) is 1. The number of likely N-dealkylation sites (N-methyl/N-ethyl adjacent to an activating group) is 1. The van der Waals surface area contributed by atoms with Gasteiger partial charge in [-0.25, -0.2) is 0 Å². The Balaban J connectivity index is 2.48. The van der Waals surface area contributed by atoms with Crippen LogP contribution in [0.5, 0.6) is 0 Å². The molecule has 0 spiro atoms. The summed E-state index contributed by atoms with van der Waals surface area (Å²) in [5.74, 6) is 4.48. The molecule has 0 heterocycles. The third kappa shape index (κ3) is 6.26. The monoisotopic (exact) mass is 324 g/mol. The Labute approximate surface area is 132 Å². The van der Waals surface area contributed by atoms with E-state index in [1.165, 1.54) is 24.1 Å². The van der Waals surface area contributed by atoms with Gasteiger partial charge >= 0.3 is 6.18 Å². The van der Waals surface area contributed by atoms with Crippen molar-refractivity contribution in [2.45, 2.75) is 6.18 Å². The molecule has 4 nitrogen and oxygen atoms in total. The van der Waals surface area contributed by atoms with Crippen LogP contribution in [0.25, 0.3) is 0 Å². The molecule has 0 aliphatic rings. The quantitative estimate of drug-likeness (QED) is 0.678. The van der Waals surface area contributed by atoms with E-state index in [1.54, 1.807) is 0 Å². The summed E-state index contributed by atoms with van der Waals surface area (Å²) in [6.07, 6.45) is -3.29. The largest absolute Gasteiger partial charge is 0.416 e. The van der Waals surface area contributed by atoms with Crippen LogP contribution in [0.3, 0.4) is 0 Å². The first kappa shape index (κ1) is 18.3. The second-order valence-corrected chi connectivity index (χ2v) is 4.55. The van der Waals surface area contributed by atoms with Gasteiger partial charge in [-0.3, -0.25) is 9.59 Å². The minimum Gasteiger partial charge on any atom is -0.344 e. The van der Waals surface area contributed by atoms with Gasteiger partial charge in [0.2, 0.25) is 11.8 Å². The van der Waals surface area contributed by atoms with E-state index in [2.05, 4.69) is 23.7 Å². The molecule has 0 aromatic heterocycles. The minimum absolute atomic E-state index is 0.0238. The first-order chi connectivity index (χ1) is 10.7. The van der Waals surface area contributed by atoms with E-state index in [0.29, 0.717) is 5.56 Å². The third-order valence-electron chi connectivity index (χ3n) is 2.75. The second-order valence-electron chi connectivity index (χ2n) is 4.55. The molecule has 1 N–H and O–H groups in total. The zero-order valence-corrected chi connectivity index (χ0v) is 12.4. The highest BCUT2D eigenvalue weighted by molar-refractivity contribution is 5.90. The molecule has 0 saturated carbocycles. The van der Waals surface area contributed by atoms with Gasteiger partial charge in [-0.1, -0.05) is 18.4 Å². The fourth-order valence-electron chi connectivity index (χ4n) is 1.54. The summed E-state index contributed by atoms with van der Waals surface area (Å²) < 4.78 is 37.2. The van der Waals surface area contributed by atoms with Gasteiger partial charge in [0.05, 0.1) is 18.7 Å². The van der Waals surface area contributed by atoms with E-state index in [-0.39, 0.29) is 19.0 Å². The third-order valence-corrected chi connectivity index (χ3v) is 2.75. The molecule has 1 aromatic carbocycles. The summed E-state index contributed by atoms with van der Waals surface area (Å²) in [5, 5.41) is 2.48. The van der Waals surface area contributed by atoms with Crippen molar-refractivity contribution in [2.24, 2.45) is 0 Å². The first-order valence-corrected chi connectivity index (χ1v) is 6.54. The van der Waals surface area contributed by atoms with Crippen molar-refractivity contribution in [1.29, 1.82) is 0 Å². The number of carbonyl (C=O) groups excluding carboxylic acids is 2. The van der Waals surface area contributed by atoms with E-state index in [1.807, 2.05) is 0 Å². The molecule has 0 radical (unpaired) electrons. The van der Waals surface area contributed by atoms with Gasteiger partial charge in [-0.15, -0.1) is 0 Å². The molecule has 2 amide bonds. The standard InChI is InChI=1S/C16H15F3N2O2/c1-3-15(23)21(2)11-14(22)20-10-4-5-12-6-8-13(9-7-12)16(17,18)19/h3,6-9H,1,10-11H2,2H3,(H,20,22). The Bertz CT molecular complexity index is 640. The molecule has 1 aromatic rings. The number of carbonyl (C=O) groups is 2. The maximum absolute atomic E-state index is 12.4. The molecule has 0 unspecified atom stereocenters. The van der Waals surface area contributed by atoms with Crippen molar-refractivity contribution in [3.8, 4) is 11.8 Å². The lowest BCUT2D eigenvalue weighted by atomic mass is 10.1. The van der Waals surface area contributed by atoms with Crippen LogP contribution in [0.2, 0.25) is 0 Å². The SMILES string of the molecule is C=CC(=O)N(C)CC(=O)NCC#Cc1ccc(C(F)(F)F)cc1. The van der Waals surface area contributed by atoms with Crippen molar-refractivity contribution < 1.29 is 22.8 Å². The van der Waals surface area contributed by atoms with E-state index in [9.17, 15) is 22.8 Å². The average Bonchev–Trinajstić information content (AvgIpc) is 2.50. The van der Waals surface area contributed by atoms with E-state index >= 15 is 0 Å². The van der Waals surface area contributed by atoms with Crippen LogP contribution in [0.1, 0.15) is 11.1 Å². The normalized spacial score (nSPS) is 10.3. The molecule has 7 heteroatoms. The predicted molar refractivity (Wildman–Crippen MR) is 79.2 cm³/mol. The lowest BCUT2D eigenvalue weighted by molar-refractivity contribution is -0.137. The maximum Gasteiger partial charge on any atom is 0.416 e. The van der Waals surface area contributed by atoms with Gasteiger partial charge in [0, 0.05) is 12.6 Å². The Morgan fingerprint density at radius 3 is 2.43 bits per heavy atom.